The van der Waals surface area contributed by atoms with Crippen molar-refractivity contribution >= 4 is 29.9 Å². The fourth-order valence-electron chi connectivity index (χ4n) is 6.37. The highest BCUT2D eigenvalue weighted by Crippen LogP contribution is 2.46. The Balaban J connectivity index is 1.28. The number of carbonyl (C=O) groups excluding carboxylic acids is 2. The smallest absolute Gasteiger partial charge is 0.410 e. The highest BCUT2D eigenvalue weighted by Gasteiger charge is 2.57. The molecule has 214 valence electrons. The van der Waals surface area contributed by atoms with Crippen LogP contribution in [0.5, 0.6) is 0 Å². The fourth-order valence-corrected chi connectivity index (χ4v) is 6.37. The maximum atomic E-state index is 13.1. The second-order valence-corrected chi connectivity index (χ2v) is 12.4. The van der Waals surface area contributed by atoms with Gasteiger partial charge in [-0.25, -0.2) is 14.8 Å². The molecule has 2 amide bonds. The summed E-state index contributed by atoms with van der Waals surface area (Å²) in [6, 6.07) is 10.9. The predicted octanol–water partition coefficient (Wildman–Crippen LogP) is 3.58. The number of likely N-dealkylation sites (tertiary alicyclic amines) is 1. The Morgan fingerprint density at radius 2 is 1.88 bits per heavy atom. The number of carbonyl (C=O) groups is 2. The summed E-state index contributed by atoms with van der Waals surface area (Å²) < 4.78 is 5.73. The average molecular weight is 557 g/mol. The van der Waals surface area contributed by atoms with Gasteiger partial charge in [0.2, 0.25) is 0 Å². The normalized spacial score (nSPS) is 26.6. The van der Waals surface area contributed by atoms with Crippen molar-refractivity contribution in [3.63, 3.8) is 0 Å². The summed E-state index contributed by atoms with van der Waals surface area (Å²) in [6.45, 7) is 10.3. The average Bonchev–Trinajstić information content (AvgIpc) is 3.59. The van der Waals surface area contributed by atoms with Crippen LogP contribution < -0.4 is 16.4 Å². The van der Waals surface area contributed by atoms with E-state index in [1.54, 1.807) is 24.7 Å². The Labute approximate surface area is 239 Å². The molecular weight excluding hydrogens is 520 g/mol. The van der Waals surface area contributed by atoms with E-state index in [4.69, 9.17) is 15.6 Å². The van der Waals surface area contributed by atoms with Gasteiger partial charge in [0.05, 0.1) is 24.0 Å². The minimum Gasteiger partial charge on any atom is -0.444 e. The van der Waals surface area contributed by atoms with E-state index in [1.165, 1.54) is 0 Å². The van der Waals surface area contributed by atoms with Crippen LogP contribution in [0, 0.1) is 12.8 Å². The number of hydrazone groups is 1. The number of aryl methyl sites for hydroxylation is 1. The number of amides is 2. The Bertz CT molecular complexity index is 1490. The van der Waals surface area contributed by atoms with Gasteiger partial charge in [0, 0.05) is 23.9 Å². The lowest BCUT2D eigenvalue weighted by Gasteiger charge is -2.45. The third kappa shape index (κ3) is 4.79. The lowest BCUT2D eigenvalue weighted by Crippen LogP contribution is -2.62. The minimum atomic E-state index is -0.747. The van der Waals surface area contributed by atoms with Crippen molar-refractivity contribution in [3.05, 3.63) is 70.7 Å². The number of pyridine rings is 1. The van der Waals surface area contributed by atoms with Crippen LogP contribution in [-0.4, -0.2) is 68.8 Å². The maximum absolute atomic E-state index is 13.1. The molecule has 1 saturated heterocycles. The molecule has 2 fully saturated rings. The molecule has 0 spiro atoms. The van der Waals surface area contributed by atoms with E-state index in [0.29, 0.717) is 35.4 Å². The molecule has 41 heavy (non-hydrogen) atoms. The summed E-state index contributed by atoms with van der Waals surface area (Å²) in [5, 5.41) is 13.4. The standard InChI is InChI=1S/C30H36N8O3/c1-17-10-11-32-23(12-17)35-27(39)20-8-6-19(7-9-20)25-24-26(31)33-16-34-30(24,5)38(36-25)22-14-18-13-21(22)37(15-18)28(40)41-29(2,3)4/h6-12,16,18,21-22H,13-15,31H2,1-5H3,(H,33,34)(H,32,35,39). The third-order valence-electron chi connectivity index (χ3n) is 8.16. The van der Waals surface area contributed by atoms with Gasteiger partial charge in [0.15, 0.2) is 5.66 Å². The molecule has 4 unspecified atom stereocenters. The molecule has 3 aliphatic heterocycles. The van der Waals surface area contributed by atoms with Gasteiger partial charge in [-0.15, -0.1) is 0 Å². The Morgan fingerprint density at radius 3 is 2.56 bits per heavy atom. The number of anilines is 1. The predicted molar refractivity (Wildman–Crippen MR) is 156 cm³/mol. The summed E-state index contributed by atoms with van der Waals surface area (Å²) in [5.41, 5.74) is 8.94. The summed E-state index contributed by atoms with van der Waals surface area (Å²) in [7, 11) is 0. The second kappa shape index (κ2) is 9.60. The van der Waals surface area contributed by atoms with Crippen molar-refractivity contribution in [3.8, 4) is 0 Å². The number of nitrogens with zero attached hydrogens (tertiary/aromatic N) is 5. The van der Waals surface area contributed by atoms with Gasteiger partial charge in [-0.05, 0) is 83.2 Å². The first-order valence-corrected chi connectivity index (χ1v) is 14.0. The number of nitrogens with one attached hydrogen (secondary N) is 2. The van der Waals surface area contributed by atoms with Crippen LogP contribution in [-0.2, 0) is 4.74 Å². The number of aromatic nitrogens is 1. The summed E-state index contributed by atoms with van der Waals surface area (Å²) >= 11 is 0. The monoisotopic (exact) mass is 556 g/mol. The van der Waals surface area contributed by atoms with Crippen LogP contribution in [0.4, 0.5) is 10.6 Å². The molecule has 4 atom stereocenters. The van der Waals surface area contributed by atoms with Gasteiger partial charge in [0.1, 0.15) is 23.0 Å². The van der Waals surface area contributed by atoms with E-state index < -0.39 is 11.3 Å². The minimum absolute atomic E-state index is 0.0285. The molecule has 1 aliphatic carbocycles. The fraction of sp³-hybridized carbons (Fsp3) is 0.433. The van der Waals surface area contributed by atoms with Gasteiger partial charge in [0.25, 0.3) is 5.91 Å². The van der Waals surface area contributed by atoms with Gasteiger partial charge in [-0.2, -0.15) is 5.10 Å². The van der Waals surface area contributed by atoms with Crippen molar-refractivity contribution in [1.82, 2.24) is 20.2 Å². The maximum Gasteiger partial charge on any atom is 0.410 e. The molecule has 11 heteroatoms. The summed E-state index contributed by atoms with van der Waals surface area (Å²) in [6.07, 6.45) is 4.80. The molecule has 1 saturated carbocycles. The van der Waals surface area contributed by atoms with E-state index in [9.17, 15) is 9.59 Å². The van der Waals surface area contributed by atoms with Crippen molar-refractivity contribution in [2.24, 2.45) is 21.7 Å². The topological polar surface area (TPSA) is 138 Å². The SMILES string of the molecule is Cc1ccnc(NC(=O)c2ccc(C3=NN(C4CC5CC4N(C(=O)OC(C)(C)C)C5)C4(C)NC=NC(N)=C34)cc2)c1. The number of aliphatic imine (C=N–C) groups is 1. The number of hydrogen-bond acceptors (Lipinski definition) is 9. The van der Waals surface area contributed by atoms with Crippen LogP contribution >= 0.6 is 0 Å². The number of piperidine rings is 1. The number of ether oxygens (including phenoxy) is 1. The molecule has 4 aliphatic rings. The van der Waals surface area contributed by atoms with E-state index in [2.05, 4.69) is 25.6 Å². The van der Waals surface area contributed by atoms with Crippen molar-refractivity contribution in [1.29, 1.82) is 0 Å². The van der Waals surface area contributed by atoms with Gasteiger partial charge in [-0.1, -0.05) is 12.1 Å². The molecule has 6 rings (SSSR count). The van der Waals surface area contributed by atoms with Crippen LogP contribution in [0.1, 0.15) is 62.0 Å². The van der Waals surface area contributed by atoms with Gasteiger partial charge >= 0.3 is 6.09 Å². The van der Waals surface area contributed by atoms with E-state index >= 15 is 0 Å². The number of rotatable bonds is 4. The Hall–Kier alpha value is -4.41. The van der Waals surface area contributed by atoms with Crippen molar-refractivity contribution in [2.45, 2.75) is 70.8 Å². The van der Waals surface area contributed by atoms with Crippen LogP contribution in [0.2, 0.25) is 0 Å². The van der Waals surface area contributed by atoms with Gasteiger partial charge < -0.3 is 26.0 Å². The molecule has 2 bridgehead atoms. The number of nitrogens with two attached hydrogens (primary N) is 1. The molecule has 2 aromatic rings. The van der Waals surface area contributed by atoms with Gasteiger partial charge in [-0.3, -0.25) is 9.80 Å². The summed E-state index contributed by atoms with van der Waals surface area (Å²) in [4.78, 5) is 36.4. The quantitative estimate of drug-likeness (QED) is 0.523. The molecule has 4 heterocycles. The molecule has 1 aromatic carbocycles. The number of benzene rings is 1. The first kappa shape index (κ1) is 26.8. The molecule has 1 aromatic heterocycles. The number of hydrogen-bond donors (Lipinski definition) is 3. The zero-order chi connectivity index (χ0) is 29.1. The second-order valence-electron chi connectivity index (χ2n) is 12.4. The van der Waals surface area contributed by atoms with E-state index in [0.717, 1.165) is 29.5 Å². The van der Waals surface area contributed by atoms with E-state index in [1.807, 2.05) is 63.8 Å². The summed E-state index contributed by atoms with van der Waals surface area (Å²) in [5.74, 6) is 1.01. The molecule has 4 N–H and O–H groups in total. The van der Waals surface area contributed by atoms with Crippen LogP contribution in [0.15, 0.2) is 64.1 Å². The first-order valence-electron chi connectivity index (χ1n) is 14.0. The molecule has 0 radical (unpaired) electrons. The highest BCUT2D eigenvalue weighted by molar-refractivity contribution is 6.16. The Kier molecular flexibility index (Phi) is 6.28. The molecule has 11 nitrogen and oxygen atoms in total. The zero-order valence-corrected chi connectivity index (χ0v) is 24.0. The highest BCUT2D eigenvalue weighted by atomic mass is 16.6. The largest absolute Gasteiger partial charge is 0.444 e. The van der Waals surface area contributed by atoms with Crippen molar-refractivity contribution < 1.29 is 14.3 Å². The number of fused-ring (bicyclic) bond motifs is 3. The van der Waals surface area contributed by atoms with E-state index in [-0.39, 0.29) is 24.1 Å². The lowest BCUT2D eigenvalue weighted by molar-refractivity contribution is -0.00647. The Morgan fingerprint density at radius 1 is 1.15 bits per heavy atom. The zero-order valence-electron chi connectivity index (χ0n) is 24.0. The lowest BCUT2D eigenvalue weighted by atomic mass is 9.90. The van der Waals surface area contributed by atoms with Crippen LogP contribution in [0.3, 0.4) is 0 Å². The van der Waals surface area contributed by atoms with Crippen LogP contribution in [0.25, 0.3) is 0 Å². The van der Waals surface area contributed by atoms with Crippen molar-refractivity contribution in [2.75, 3.05) is 11.9 Å². The third-order valence-corrected chi connectivity index (χ3v) is 8.16. The first-order chi connectivity index (χ1) is 19.4. The molecular formula is C30H36N8O3.